The number of nitrogens with two attached hydrogens (primary N) is 1. The molecule has 0 bridgehead atoms. The topological polar surface area (TPSA) is 65.2 Å². The number of alkyl halides is 2. The van der Waals surface area contributed by atoms with Crippen molar-refractivity contribution in [2.75, 3.05) is 7.11 Å². The Kier molecular flexibility index (Phi) is 4.45. The Morgan fingerprint density at radius 3 is 2.71 bits per heavy atom. The van der Waals surface area contributed by atoms with E-state index in [1.807, 2.05) is 0 Å². The van der Waals surface area contributed by atoms with Crippen molar-refractivity contribution >= 4 is 5.97 Å². The molecule has 0 radical (unpaired) electrons. The molecule has 0 unspecified atom stereocenters. The first kappa shape index (κ1) is 13.4. The van der Waals surface area contributed by atoms with Crippen molar-refractivity contribution < 1.29 is 22.7 Å². The molecular weight excluding hydrogens is 237 g/mol. The molecule has 1 rings (SSSR count). The number of rotatable bonds is 4. The Morgan fingerprint density at radius 1 is 1.59 bits per heavy atom. The maximum Gasteiger partial charge on any atom is 0.311 e. The van der Waals surface area contributed by atoms with E-state index in [0.717, 1.165) is 13.2 Å². The SMILES string of the molecule is COC(=O)Cc1nc(C(F)F)cc(CN)c1F. The van der Waals surface area contributed by atoms with E-state index in [-0.39, 0.29) is 17.8 Å². The van der Waals surface area contributed by atoms with Gasteiger partial charge in [0.25, 0.3) is 6.43 Å². The second-order valence-corrected chi connectivity index (χ2v) is 3.22. The molecule has 1 aromatic rings. The van der Waals surface area contributed by atoms with Gasteiger partial charge in [-0.2, -0.15) is 0 Å². The highest BCUT2D eigenvalue weighted by Crippen LogP contribution is 2.21. The van der Waals surface area contributed by atoms with Crippen molar-refractivity contribution in [1.82, 2.24) is 4.98 Å². The van der Waals surface area contributed by atoms with Gasteiger partial charge in [-0.1, -0.05) is 0 Å². The van der Waals surface area contributed by atoms with Gasteiger partial charge < -0.3 is 10.5 Å². The van der Waals surface area contributed by atoms with E-state index in [9.17, 15) is 18.0 Å². The third-order valence-electron chi connectivity index (χ3n) is 2.10. The van der Waals surface area contributed by atoms with Crippen LogP contribution >= 0.6 is 0 Å². The zero-order chi connectivity index (χ0) is 13.0. The van der Waals surface area contributed by atoms with Gasteiger partial charge in [-0.15, -0.1) is 0 Å². The average molecular weight is 248 g/mol. The average Bonchev–Trinajstić information content (AvgIpc) is 2.31. The zero-order valence-corrected chi connectivity index (χ0v) is 9.04. The molecule has 4 nitrogen and oxygen atoms in total. The Balaban J connectivity index is 3.17. The fourth-order valence-corrected chi connectivity index (χ4v) is 1.25. The van der Waals surface area contributed by atoms with Crippen molar-refractivity contribution in [2.24, 2.45) is 5.73 Å². The molecule has 0 spiro atoms. The number of hydrogen-bond acceptors (Lipinski definition) is 4. The highest BCUT2D eigenvalue weighted by molar-refractivity contribution is 5.71. The number of carbonyl (C=O) groups is 1. The van der Waals surface area contributed by atoms with Gasteiger partial charge in [-0.3, -0.25) is 4.79 Å². The van der Waals surface area contributed by atoms with Crippen LogP contribution in [0.15, 0.2) is 6.07 Å². The van der Waals surface area contributed by atoms with E-state index in [1.54, 1.807) is 0 Å². The van der Waals surface area contributed by atoms with E-state index in [4.69, 9.17) is 5.73 Å². The predicted octanol–water partition coefficient (Wildman–Crippen LogP) is 1.33. The summed E-state index contributed by atoms with van der Waals surface area (Å²) in [4.78, 5) is 14.4. The molecule has 0 atom stereocenters. The van der Waals surface area contributed by atoms with Gasteiger partial charge in [0.1, 0.15) is 11.5 Å². The van der Waals surface area contributed by atoms with Gasteiger partial charge in [0.2, 0.25) is 0 Å². The summed E-state index contributed by atoms with van der Waals surface area (Å²) in [6.45, 7) is -0.248. The molecule has 7 heteroatoms. The maximum absolute atomic E-state index is 13.6. The Labute approximate surface area is 95.6 Å². The van der Waals surface area contributed by atoms with Crippen LogP contribution in [-0.2, 0) is 22.5 Å². The predicted molar refractivity (Wildman–Crippen MR) is 52.8 cm³/mol. The number of esters is 1. The number of methoxy groups -OCH3 is 1. The molecule has 1 aromatic heterocycles. The molecule has 0 amide bonds. The van der Waals surface area contributed by atoms with Crippen LogP contribution in [0, 0.1) is 5.82 Å². The van der Waals surface area contributed by atoms with Crippen LogP contribution in [0.5, 0.6) is 0 Å². The van der Waals surface area contributed by atoms with Gasteiger partial charge in [0.15, 0.2) is 0 Å². The number of halogens is 3. The molecule has 0 aromatic carbocycles. The summed E-state index contributed by atoms with van der Waals surface area (Å²) in [5.74, 6) is -1.60. The lowest BCUT2D eigenvalue weighted by atomic mass is 10.1. The fraction of sp³-hybridized carbons (Fsp3) is 0.400. The minimum Gasteiger partial charge on any atom is -0.469 e. The van der Waals surface area contributed by atoms with Gasteiger partial charge >= 0.3 is 5.97 Å². The third-order valence-corrected chi connectivity index (χ3v) is 2.10. The smallest absolute Gasteiger partial charge is 0.311 e. The number of carbonyl (C=O) groups excluding carboxylic acids is 1. The number of pyridine rings is 1. The minimum atomic E-state index is -2.85. The number of hydrogen-bond donors (Lipinski definition) is 1. The van der Waals surface area contributed by atoms with Crippen LogP contribution in [0.4, 0.5) is 13.2 Å². The monoisotopic (exact) mass is 248 g/mol. The molecule has 17 heavy (non-hydrogen) atoms. The summed E-state index contributed by atoms with van der Waals surface area (Å²) < 4.78 is 42.9. The molecule has 0 saturated carbocycles. The number of ether oxygens (including phenoxy) is 1. The summed E-state index contributed by atoms with van der Waals surface area (Å²) >= 11 is 0. The molecule has 2 N–H and O–H groups in total. The molecular formula is C10H11F3N2O2. The molecule has 0 aliphatic carbocycles. The summed E-state index contributed by atoms with van der Waals surface area (Å²) in [5, 5.41) is 0. The van der Waals surface area contributed by atoms with Crippen molar-refractivity contribution in [3.05, 3.63) is 28.8 Å². The Hall–Kier alpha value is -1.63. The van der Waals surface area contributed by atoms with Crippen molar-refractivity contribution in [3.8, 4) is 0 Å². The first-order chi connectivity index (χ1) is 7.99. The summed E-state index contributed by atoms with van der Waals surface area (Å²) in [5.41, 5.74) is 4.14. The minimum absolute atomic E-state index is 0.103. The van der Waals surface area contributed by atoms with Gasteiger partial charge in [0.05, 0.1) is 19.2 Å². The normalized spacial score (nSPS) is 10.7. The van der Waals surface area contributed by atoms with E-state index >= 15 is 0 Å². The Morgan fingerprint density at radius 2 is 2.24 bits per heavy atom. The third kappa shape index (κ3) is 3.16. The largest absolute Gasteiger partial charge is 0.469 e. The zero-order valence-electron chi connectivity index (χ0n) is 9.04. The highest BCUT2D eigenvalue weighted by atomic mass is 19.3. The van der Waals surface area contributed by atoms with Crippen LogP contribution in [-0.4, -0.2) is 18.1 Å². The molecule has 0 fully saturated rings. The van der Waals surface area contributed by atoms with Crippen LogP contribution in [0.3, 0.4) is 0 Å². The van der Waals surface area contributed by atoms with Crippen molar-refractivity contribution in [1.29, 1.82) is 0 Å². The lowest BCUT2D eigenvalue weighted by Crippen LogP contribution is -2.13. The van der Waals surface area contributed by atoms with Crippen LogP contribution in [0.25, 0.3) is 0 Å². The molecule has 0 aliphatic heterocycles. The van der Waals surface area contributed by atoms with Gasteiger partial charge in [0, 0.05) is 12.1 Å². The van der Waals surface area contributed by atoms with Gasteiger partial charge in [-0.25, -0.2) is 18.2 Å². The highest BCUT2D eigenvalue weighted by Gasteiger charge is 2.19. The molecule has 0 aliphatic rings. The van der Waals surface area contributed by atoms with E-state index in [1.165, 1.54) is 0 Å². The molecule has 0 saturated heterocycles. The lowest BCUT2D eigenvalue weighted by molar-refractivity contribution is -0.139. The second-order valence-electron chi connectivity index (χ2n) is 3.22. The molecule has 94 valence electrons. The first-order valence-electron chi connectivity index (χ1n) is 4.72. The second kappa shape index (κ2) is 5.62. The number of nitrogens with zero attached hydrogens (tertiary/aromatic N) is 1. The number of aromatic nitrogens is 1. The standard InChI is InChI=1S/C10H11F3N2O2/c1-17-8(16)3-6-9(11)5(4-14)2-7(15-6)10(12)13/h2,10H,3-4,14H2,1H3. The van der Waals surface area contributed by atoms with Gasteiger partial charge in [-0.05, 0) is 6.07 Å². The maximum atomic E-state index is 13.6. The quantitative estimate of drug-likeness (QED) is 0.816. The summed E-state index contributed by atoms with van der Waals surface area (Å²) in [6, 6.07) is 0.890. The van der Waals surface area contributed by atoms with Crippen LogP contribution < -0.4 is 5.73 Å². The van der Waals surface area contributed by atoms with Crippen LogP contribution in [0.1, 0.15) is 23.4 Å². The fourth-order valence-electron chi connectivity index (χ4n) is 1.25. The van der Waals surface area contributed by atoms with E-state index < -0.39 is 30.3 Å². The van der Waals surface area contributed by atoms with Crippen molar-refractivity contribution in [3.63, 3.8) is 0 Å². The van der Waals surface area contributed by atoms with E-state index in [0.29, 0.717) is 0 Å². The summed E-state index contributed by atoms with van der Waals surface area (Å²) in [7, 11) is 1.11. The van der Waals surface area contributed by atoms with Crippen molar-refractivity contribution in [2.45, 2.75) is 19.4 Å². The Bertz CT molecular complexity index is 424. The summed E-state index contributed by atoms with van der Waals surface area (Å²) in [6.07, 6.45) is -3.35. The lowest BCUT2D eigenvalue weighted by Gasteiger charge is -2.08. The van der Waals surface area contributed by atoms with Crippen LogP contribution in [0.2, 0.25) is 0 Å². The van der Waals surface area contributed by atoms with E-state index in [2.05, 4.69) is 9.72 Å². The first-order valence-corrected chi connectivity index (χ1v) is 4.72. The molecule has 1 heterocycles.